The number of carbonyl (C=O) groups excluding carboxylic acids is 1. The fraction of sp³-hybridized carbons (Fsp3) is 0.632. The maximum absolute atomic E-state index is 13.0. The maximum atomic E-state index is 13.0. The zero-order valence-electron chi connectivity index (χ0n) is 16.0. The maximum Gasteiger partial charge on any atom is 0.252 e. The smallest absolute Gasteiger partial charge is 0.252 e. The molecule has 2 aromatic heterocycles. The van der Waals surface area contributed by atoms with Crippen molar-refractivity contribution >= 4 is 16.9 Å². The highest BCUT2D eigenvalue weighted by molar-refractivity contribution is 6.07. The average Bonchev–Trinajstić information content (AvgIpc) is 3.29. The van der Waals surface area contributed by atoms with Crippen molar-refractivity contribution < 1.29 is 9.90 Å². The Balaban J connectivity index is 2.20. The van der Waals surface area contributed by atoms with Crippen LogP contribution in [-0.2, 0) is 5.54 Å². The number of hydrogen-bond acceptors (Lipinski definition) is 4. The second-order valence-corrected chi connectivity index (χ2v) is 8.73. The molecule has 0 aromatic carbocycles. The van der Waals surface area contributed by atoms with Crippen LogP contribution >= 0.6 is 0 Å². The van der Waals surface area contributed by atoms with Gasteiger partial charge in [0, 0.05) is 11.6 Å². The van der Waals surface area contributed by atoms with E-state index in [1.165, 1.54) is 0 Å². The second-order valence-electron chi connectivity index (χ2n) is 8.73. The van der Waals surface area contributed by atoms with E-state index in [9.17, 15) is 9.90 Å². The molecule has 1 amide bonds. The molecule has 0 spiro atoms. The van der Waals surface area contributed by atoms with Crippen LogP contribution in [0.4, 0.5) is 0 Å². The van der Waals surface area contributed by atoms with Crippen LogP contribution in [0.2, 0.25) is 0 Å². The summed E-state index contributed by atoms with van der Waals surface area (Å²) in [6.07, 6.45) is 2.23. The monoisotopic (exact) mass is 344 g/mol. The normalized spacial score (nSPS) is 15.6. The van der Waals surface area contributed by atoms with Crippen LogP contribution < -0.4 is 5.32 Å². The highest BCUT2D eigenvalue weighted by Crippen LogP contribution is 2.41. The minimum atomic E-state index is -0.680. The van der Waals surface area contributed by atoms with Crippen LogP contribution in [0.15, 0.2) is 6.07 Å². The van der Waals surface area contributed by atoms with Crippen molar-refractivity contribution in [3.63, 3.8) is 0 Å². The van der Waals surface area contributed by atoms with E-state index in [-0.39, 0.29) is 18.1 Å². The van der Waals surface area contributed by atoms with E-state index >= 15 is 0 Å². The number of aliphatic hydroxyl groups excluding tert-OH is 1. The highest BCUT2D eigenvalue weighted by Gasteiger charge is 2.31. The molecule has 0 atom stereocenters. The molecule has 25 heavy (non-hydrogen) atoms. The summed E-state index contributed by atoms with van der Waals surface area (Å²) in [5.74, 6) is 0.246. The van der Waals surface area contributed by atoms with Crippen LogP contribution in [0, 0.1) is 6.92 Å². The first kappa shape index (κ1) is 17.9. The number of pyridine rings is 1. The summed E-state index contributed by atoms with van der Waals surface area (Å²) in [6.45, 7) is 11.6. The summed E-state index contributed by atoms with van der Waals surface area (Å²) >= 11 is 0. The molecule has 0 radical (unpaired) electrons. The molecule has 0 bridgehead atoms. The van der Waals surface area contributed by atoms with Gasteiger partial charge < -0.3 is 10.4 Å². The van der Waals surface area contributed by atoms with E-state index in [4.69, 9.17) is 4.98 Å². The lowest BCUT2D eigenvalue weighted by molar-refractivity contribution is 0.0871. The minimum absolute atomic E-state index is 0.122. The number of aromatic nitrogens is 3. The molecule has 1 aliphatic rings. The predicted molar refractivity (Wildman–Crippen MR) is 97.9 cm³/mol. The number of rotatable bonds is 4. The van der Waals surface area contributed by atoms with E-state index in [2.05, 4.69) is 31.2 Å². The van der Waals surface area contributed by atoms with Crippen LogP contribution in [0.3, 0.4) is 0 Å². The Hall–Kier alpha value is -1.95. The van der Waals surface area contributed by atoms with Gasteiger partial charge in [0.1, 0.15) is 0 Å². The first-order valence-corrected chi connectivity index (χ1v) is 8.87. The Morgan fingerprint density at radius 2 is 1.96 bits per heavy atom. The van der Waals surface area contributed by atoms with Gasteiger partial charge in [-0.05, 0) is 60.5 Å². The van der Waals surface area contributed by atoms with Gasteiger partial charge in [-0.25, -0.2) is 9.67 Å². The number of fused-ring (bicyclic) bond motifs is 1. The fourth-order valence-corrected chi connectivity index (χ4v) is 2.96. The Labute approximate surface area is 148 Å². The number of hydrogen-bond donors (Lipinski definition) is 2. The molecular formula is C19H28N4O2. The Bertz CT molecular complexity index is 826. The van der Waals surface area contributed by atoms with Crippen LogP contribution in [0.25, 0.3) is 11.0 Å². The largest absolute Gasteiger partial charge is 0.394 e. The molecular weight excluding hydrogens is 316 g/mol. The van der Waals surface area contributed by atoms with Gasteiger partial charge in [-0.3, -0.25) is 4.79 Å². The van der Waals surface area contributed by atoms with Crippen molar-refractivity contribution in [3.05, 3.63) is 23.0 Å². The first-order chi connectivity index (χ1) is 11.5. The molecule has 2 heterocycles. The fourth-order valence-electron chi connectivity index (χ4n) is 2.96. The number of aryl methyl sites for hydroxylation is 1. The van der Waals surface area contributed by atoms with Gasteiger partial charge in [0.2, 0.25) is 0 Å². The number of nitrogens with one attached hydrogen (secondary N) is 1. The van der Waals surface area contributed by atoms with Crippen LogP contribution in [0.1, 0.15) is 75.1 Å². The molecule has 3 rings (SSSR count). The van der Waals surface area contributed by atoms with Gasteiger partial charge >= 0.3 is 0 Å². The minimum Gasteiger partial charge on any atom is -0.394 e. The first-order valence-electron chi connectivity index (χ1n) is 8.87. The lowest BCUT2D eigenvalue weighted by Crippen LogP contribution is -2.46. The standard InChI is InChI=1S/C19H28N4O2/c1-11-15-13(17(25)21-19(5,6)10-24)9-14(12-7-8-12)20-16(15)23(22-11)18(2,3)4/h9,12,24H,7-8,10H2,1-6H3,(H,21,25). The summed E-state index contributed by atoms with van der Waals surface area (Å²) < 4.78 is 1.91. The molecule has 136 valence electrons. The number of aliphatic hydroxyl groups is 1. The molecule has 2 N–H and O–H groups in total. The molecule has 0 unspecified atom stereocenters. The third kappa shape index (κ3) is 3.40. The van der Waals surface area contributed by atoms with Gasteiger partial charge in [0.05, 0.1) is 34.3 Å². The van der Waals surface area contributed by atoms with Gasteiger partial charge in [0.25, 0.3) is 5.91 Å². The zero-order chi connectivity index (χ0) is 18.6. The molecule has 0 saturated heterocycles. The van der Waals surface area contributed by atoms with Crippen molar-refractivity contribution in [1.29, 1.82) is 0 Å². The quantitative estimate of drug-likeness (QED) is 0.894. The topological polar surface area (TPSA) is 80.0 Å². The Morgan fingerprint density at radius 1 is 1.32 bits per heavy atom. The lowest BCUT2D eigenvalue weighted by atomic mass is 10.0. The average molecular weight is 344 g/mol. The predicted octanol–water partition coefficient (Wildman–Crippen LogP) is 2.87. The number of nitrogens with zero attached hydrogens (tertiary/aromatic N) is 3. The van der Waals surface area contributed by atoms with Gasteiger partial charge in [-0.1, -0.05) is 0 Å². The van der Waals surface area contributed by atoms with Crippen LogP contribution in [0.5, 0.6) is 0 Å². The second kappa shape index (κ2) is 5.80. The van der Waals surface area contributed by atoms with Crippen molar-refractivity contribution in [2.75, 3.05) is 6.61 Å². The zero-order valence-corrected chi connectivity index (χ0v) is 16.0. The number of amides is 1. The third-order valence-electron chi connectivity index (χ3n) is 4.56. The number of carbonyl (C=O) groups is 1. The SMILES string of the molecule is Cc1nn(C(C)(C)C)c2nc(C3CC3)cc(C(=O)NC(C)(C)CO)c12. The summed E-state index contributed by atoms with van der Waals surface area (Å²) in [7, 11) is 0. The van der Waals surface area contributed by atoms with Gasteiger partial charge in [-0.15, -0.1) is 0 Å². The molecule has 6 nitrogen and oxygen atoms in total. The van der Waals surface area contributed by atoms with Gasteiger partial charge in [-0.2, -0.15) is 5.10 Å². The van der Waals surface area contributed by atoms with E-state index in [1.807, 2.05) is 17.7 Å². The molecule has 2 aromatic rings. The molecule has 6 heteroatoms. The summed E-state index contributed by atoms with van der Waals surface area (Å²) in [4.78, 5) is 17.8. The Morgan fingerprint density at radius 3 is 2.48 bits per heavy atom. The van der Waals surface area contributed by atoms with E-state index in [1.54, 1.807) is 13.8 Å². The highest BCUT2D eigenvalue weighted by atomic mass is 16.3. The third-order valence-corrected chi connectivity index (χ3v) is 4.56. The van der Waals surface area contributed by atoms with Crippen molar-refractivity contribution in [2.45, 2.75) is 71.4 Å². The summed E-state index contributed by atoms with van der Waals surface area (Å²) in [5, 5.41) is 17.9. The molecule has 0 aliphatic heterocycles. The van der Waals surface area contributed by atoms with Crippen molar-refractivity contribution in [3.8, 4) is 0 Å². The van der Waals surface area contributed by atoms with Gasteiger partial charge in [0.15, 0.2) is 5.65 Å². The van der Waals surface area contributed by atoms with Crippen molar-refractivity contribution in [1.82, 2.24) is 20.1 Å². The van der Waals surface area contributed by atoms with E-state index in [0.717, 1.165) is 35.3 Å². The Kier molecular flexibility index (Phi) is 4.14. The van der Waals surface area contributed by atoms with Crippen molar-refractivity contribution in [2.24, 2.45) is 0 Å². The molecule has 1 saturated carbocycles. The van der Waals surface area contributed by atoms with E-state index < -0.39 is 5.54 Å². The lowest BCUT2D eigenvalue weighted by Gasteiger charge is -2.24. The van der Waals surface area contributed by atoms with E-state index in [0.29, 0.717) is 11.5 Å². The summed E-state index contributed by atoms with van der Waals surface area (Å²) in [6, 6.07) is 1.91. The van der Waals surface area contributed by atoms with Crippen LogP contribution in [-0.4, -0.2) is 37.9 Å². The molecule has 1 aliphatic carbocycles. The summed E-state index contributed by atoms with van der Waals surface area (Å²) in [5.41, 5.74) is 2.22. The molecule has 1 fully saturated rings.